The zero-order valence-electron chi connectivity index (χ0n) is 20.0. The monoisotopic (exact) mass is 556 g/mol. The van der Waals surface area contributed by atoms with Crippen molar-refractivity contribution in [1.29, 1.82) is 0 Å². The molecule has 2 aliphatic heterocycles. The van der Waals surface area contributed by atoms with Crippen LogP contribution in [0, 0.1) is 0 Å². The second-order valence-electron chi connectivity index (χ2n) is 9.18. The maximum absolute atomic E-state index is 13.7. The first-order chi connectivity index (χ1) is 17.0. The molecule has 0 radical (unpaired) electrons. The fraction of sp³-hybridized carbons (Fsp3) is 0.407. The summed E-state index contributed by atoms with van der Waals surface area (Å²) < 4.78 is 11.5. The van der Waals surface area contributed by atoms with Crippen molar-refractivity contribution in [3.05, 3.63) is 68.7 Å². The molecule has 1 spiro atoms. The molecule has 0 bridgehead atoms. The highest BCUT2D eigenvalue weighted by molar-refractivity contribution is 9.10. The van der Waals surface area contributed by atoms with Gasteiger partial charge >= 0.3 is 0 Å². The molecule has 2 aromatic carbocycles. The third-order valence-corrected chi connectivity index (χ3v) is 8.68. The van der Waals surface area contributed by atoms with Crippen molar-refractivity contribution in [2.24, 2.45) is 0 Å². The van der Waals surface area contributed by atoms with Crippen molar-refractivity contribution < 1.29 is 19.1 Å². The molecule has 1 saturated heterocycles. The van der Waals surface area contributed by atoms with Gasteiger partial charge in [0.2, 0.25) is 5.91 Å². The first-order valence-corrected chi connectivity index (χ1v) is 13.9. The molecule has 1 aliphatic carbocycles. The Labute approximate surface area is 218 Å². The zero-order valence-corrected chi connectivity index (χ0v) is 22.4. The van der Waals surface area contributed by atoms with Crippen LogP contribution in [0.3, 0.4) is 0 Å². The Morgan fingerprint density at radius 3 is 2.51 bits per heavy atom. The Morgan fingerprint density at radius 1 is 1.20 bits per heavy atom. The van der Waals surface area contributed by atoms with Gasteiger partial charge in [-0.05, 0) is 70.4 Å². The Balaban J connectivity index is 1.48. The Hall–Kier alpha value is -2.29. The van der Waals surface area contributed by atoms with Crippen LogP contribution in [0.5, 0.6) is 5.75 Å². The van der Waals surface area contributed by atoms with Crippen LogP contribution >= 0.6 is 27.7 Å². The number of fused-ring (bicyclic) bond motifs is 2. The molecule has 1 amide bonds. The van der Waals surface area contributed by atoms with Crippen molar-refractivity contribution in [2.45, 2.75) is 31.2 Å². The number of carbonyl (C=O) groups excluding carboxylic acids is 2. The summed E-state index contributed by atoms with van der Waals surface area (Å²) in [6.45, 7) is 3.39. The second-order valence-corrected chi connectivity index (χ2v) is 10.9. The summed E-state index contributed by atoms with van der Waals surface area (Å²) in [5, 5.41) is 0.950. The van der Waals surface area contributed by atoms with E-state index in [9.17, 15) is 9.59 Å². The number of thioether (sulfide) groups is 1. The average molecular weight is 558 g/mol. The van der Waals surface area contributed by atoms with E-state index in [4.69, 9.17) is 9.47 Å². The standard InChI is InChI=1S/C27H29BrN2O4S/c1-33-20-6-4-18(5-7-20)17-30-25-21(27(26(30)32)8-3-9-27)14-19(15-22(25)28)23(31)16-24(35-2)29-10-12-34-13-11-29/h4-7,14-16H,3,8-13,17H2,1-2H3. The molecule has 0 aromatic heterocycles. The van der Waals surface area contributed by atoms with Crippen LogP contribution < -0.4 is 9.64 Å². The van der Waals surface area contributed by atoms with E-state index in [0.717, 1.165) is 64.4 Å². The summed E-state index contributed by atoms with van der Waals surface area (Å²) in [5.41, 5.74) is 3.00. The molecule has 2 aromatic rings. The van der Waals surface area contributed by atoms with Gasteiger partial charge in [-0.2, -0.15) is 0 Å². The van der Waals surface area contributed by atoms with Gasteiger partial charge < -0.3 is 19.3 Å². The van der Waals surface area contributed by atoms with E-state index in [1.807, 2.05) is 47.6 Å². The van der Waals surface area contributed by atoms with Crippen molar-refractivity contribution in [1.82, 2.24) is 4.90 Å². The number of ether oxygens (including phenoxy) is 2. The molecule has 5 rings (SSSR count). The van der Waals surface area contributed by atoms with E-state index in [1.165, 1.54) is 0 Å². The normalized spacial score (nSPS) is 19.1. The van der Waals surface area contributed by atoms with Gasteiger partial charge in [0.15, 0.2) is 5.78 Å². The summed E-state index contributed by atoms with van der Waals surface area (Å²) in [4.78, 5) is 31.2. The highest BCUT2D eigenvalue weighted by Crippen LogP contribution is 2.56. The Bertz CT molecular complexity index is 1170. The van der Waals surface area contributed by atoms with Gasteiger partial charge in [-0.15, -0.1) is 11.8 Å². The quantitative estimate of drug-likeness (QED) is 0.347. The lowest BCUT2D eigenvalue weighted by Crippen LogP contribution is -2.44. The minimum Gasteiger partial charge on any atom is -0.497 e. The summed E-state index contributed by atoms with van der Waals surface area (Å²) in [5.74, 6) is 0.879. The van der Waals surface area contributed by atoms with Crippen LogP contribution in [-0.2, 0) is 21.5 Å². The zero-order chi connectivity index (χ0) is 24.6. The number of hydrogen-bond acceptors (Lipinski definition) is 6. The molecular formula is C27H29BrN2O4S. The molecular weight excluding hydrogens is 528 g/mol. The lowest BCUT2D eigenvalue weighted by Gasteiger charge is -2.37. The van der Waals surface area contributed by atoms with Gasteiger partial charge in [0, 0.05) is 29.2 Å². The molecule has 1 saturated carbocycles. The van der Waals surface area contributed by atoms with Crippen LogP contribution in [0.2, 0.25) is 0 Å². The van der Waals surface area contributed by atoms with Crippen molar-refractivity contribution in [3.63, 3.8) is 0 Å². The SMILES string of the molecule is COc1ccc(CN2C(=O)C3(CCC3)c3cc(C(=O)C=C(SC)N4CCOCC4)cc(Br)c32)cc1. The van der Waals surface area contributed by atoms with Crippen LogP contribution in [0.25, 0.3) is 0 Å². The molecule has 2 heterocycles. The topological polar surface area (TPSA) is 59.1 Å². The number of ketones is 1. The van der Waals surface area contributed by atoms with Crippen molar-refractivity contribution in [3.8, 4) is 5.75 Å². The van der Waals surface area contributed by atoms with E-state index in [-0.39, 0.29) is 11.7 Å². The lowest BCUT2D eigenvalue weighted by atomic mass is 9.65. The molecule has 35 heavy (non-hydrogen) atoms. The number of methoxy groups -OCH3 is 1. The van der Waals surface area contributed by atoms with E-state index < -0.39 is 5.41 Å². The fourth-order valence-electron chi connectivity index (χ4n) is 5.19. The third kappa shape index (κ3) is 4.41. The number of amides is 1. The predicted octanol–water partition coefficient (Wildman–Crippen LogP) is 5.15. The van der Waals surface area contributed by atoms with Gasteiger partial charge in [0.25, 0.3) is 0 Å². The molecule has 6 nitrogen and oxygen atoms in total. The van der Waals surface area contributed by atoms with Crippen LogP contribution in [0.15, 0.2) is 52.0 Å². The number of nitrogens with zero attached hydrogens (tertiary/aromatic N) is 2. The summed E-state index contributed by atoms with van der Waals surface area (Å²) in [6.07, 6.45) is 6.38. The van der Waals surface area contributed by atoms with E-state index in [2.05, 4.69) is 20.8 Å². The molecule has 2 fully saturated rings. The van der Waals surface area contributed by atoms with Gasteiger partial charge in [0.1, 0.15) is 5.75 Å². The number of anilines is 1. The van der Waals surface area contributed by atoms with E-state index in [1.54, 1.807) is 24.9 Å². The van der Waals surface area contributed by atoms with Gasteiger partial charge in [-0.3, -0.25) is 9.59 Å². The van der Waals surface area contributed by atoms with Crippen LogP contribution in [-0.4, -0.2) is 56.3 Å². The molecule has 0 unspecified atom stereocenters. The number of rotatable bonds is 7. The smallest absolute Gasteiger partial charge is 0.238 e. The average Bonchev–Trinajstić information content (AvgIpc) is 3.11. The maximum atomic E-state index is 13.7. The van der Waals surface area contributed by atoms with Crippen LogP contribution in [0.1, 0.15) is 40.7 Å². The van der Waals surface area contributed by atoms with Gasteiger partial charge in [-0.25, -0.2) is 0 Å². The summed E-state index contributed by atoms with van der Waals surface area (Å²) in [7, 11) is 1.64. The number of benzene rings is 2. The van der Waals surface area contributed by atoms with E-state index >= 15 is 0 Å². The Kier molecular flexibility index (Phi) is 6.97. The van der Waals surface area contributed by atoms with Crippen molar-refractivity contribution >= 4 is 45.1 Å². The molecule has 184 valence electrons. The molecule has 0 N–H and O–H groups in total. The lowest BCUT2D eigenvalue weighted by molar-refractivity contribution is -0.126. The number of morpholine rings is 1. The minimum atomic E-state index is -0.517. The first kappa shape index (κ1) is 24.4. The predicted molar refractivity (Wildman–Crippen MR) is 142 cm³/mol. The number of halogens is 1. The summed E-state index contributed by atoms with van der Waals surface area (Å²) in [6, 6.07) is 11.6. The van der Waals surface area contributed by atoms with Gasteiger partial charge in [0.05, 0.1) is 43.0 Å². The highest BCUT2D eigenvalue weighted by Gasteiger charge is 2.55. The van der Waals surface area contributed by atoms with Gasteiger partial charge in [-0.1, -0.05) is 18.6 Å². The number of hydrogen-bond donors (Lipinski definition) is 0. The maximum Gasteiger partial charge on any atom is 0.238 e. The largest absolute Gasteiger partial charge is 0.497 e. The fourth-order valence-corrected chi connectivity index (χ4v) is 6.53. The minimum absolute atomic E-state index is 0.0418. The Morgan fingerprint density at radius 2 is 1.91 bits per heavy atom. The molecule has 0 atom stereocenters. The third-order valence-electron chi connectivity index (χ3n) is 7.28. The molecule has 3 aliphatic rings. The number of allylic oxidation sites excluding steroid dienone is 1. The highest BCUT2D eigenvalue weighted by atomic mass is 79.9. The van der Waals surface area contributed by atoms with E-state index in [0.29, 0.717) is 25.3 Å². The van der Waals surface area contributed by atoms with Crippen LogP contribution in [0.4, 0.5) is 5.69 Å². The molecule has 8 heteroatoms. The second kappa shape index (κ2) is 9.99. The first-order valence-electron chi connectivity index (χ1n) is 11.9. The number of carbonyl (C=O) groups is 2. The summed E-state index contributed by atoms with van der Waals surface area (Å²) >= 11 is 5.29. The van der Waals surface area contributed by atoms with Crippen molar-refractivity contribution in [2.75, 3.05) is 44.6 Å².